The van der Waals surface area contributed by atoms with Gasteiger partial charge in [0.25, 0.3) is 0 Å². The number of rotatable bonds is 3. The molecule has 2 N–H and O–H groups in total. The number of nitrogens with two attached hydrogens (primary N) is 1. The van der Waals surface area contributed by atoms with Gasteiger partial charge >= 0.3 is 5.97 Å². The molecule has 5 nitrogen and oxygen atoms in total. The van der Waals surface area contributed by atoms with Crippen molar-refractivity contribution in [2.45, 2.75) is 0 Å². The zero-order valence-electron chi connectivity index (χ0n) is 10.7. The monoisotopic (exact) mass is 258 g/mol. The van der Waals surface area contributed by atoms with Gasteiger partial charge in [0.2, 0.25) is 0 Å². The van der Waals surface area contributed by atoms with E-state index < -0.39 is 5.97 Å². The molecule has 0 unspecified atom stereocenters. The molecule has 0 atom stereocenters. The smallest absolute Gasteiger partial charge is 0.357 e. The third-order valence-electron chi connectivity index (χ3n) is 2.73. The average molecular weight is 258 g/mol. The molecule has 1 aromatic carbocycles. The first-order valence-electron chi connectivity index (χ1n) is 5.64. The fraction of sp³-hybridized carbons (Fsp3) is 0.143. The minimum atomic E-state index is -0.481. The number of carbonyl (C=O) groups is 1. The highest BCUT2D eigenvalue weighted by Crippen LogP contribution is 2.29. The number of anilines is 1. The zero-order chi connectivity index (χ0) is 13.8. The third kappa shape index (κ3) is 2.49. The molecule has 0 fully saturated rings. The number of nitrogens with zero attached hydrogens (tertiary/aromatic N) is 1. The molecular weight excluding hydrogens is 244 g/mol. The van der Waals surface area contributed by atoms with Crippen LogP contribution in [-0.2, 0) is 4.74 Å². The van der Waals surface area contributed by atoms with E-state index in [4.69, 9.17) is 15.2 Å². The number of pyridine rings is 1. The lowest BCUT2D eigenvalue weighted by Gasteiger charge is -2.09. The standard InChI is InChI=1S/C14H14N2O3/c1-18-12-6-5-9(8-11(12)15)10-4-3-7-16-13(10)14(17)19-2/h3-8H,15H2,1-2H3. The summed E-state index contributed by atoms with van der Waals surface area (Å²) in [6.07, 6.45) is 1.54. The van der Waals surface area contributed by atoms with Crippen LogP contribution < -0.4 is 10.5 Å². The number of methoxy groups -OCH3 is 2. The van der Waals surface area contributed by atoms with Crippen molar-refractivity contribution >= 4 is 11.7 Å². The van der Waals surface area contributed by atoms with Crippen LogP contribution in [0.3, 0.4) is 0 Å². The van der Waals surface area contributed by atoms with Crippen LogP contribution in [0.4, 0.5) is 5.69 Å². The van der Waals surface area contributed by atoms with E-state index in [0.29, 0.717) is 17.0 Å². The first kappa shape index (κ1) is 12.9. The summed E-state index contributed by atoms with van der Waals surface area (Å²) in [7, 11) is 2.87. The SMILES string of the molecule is COC(=O)c1ncccc1-c1ccc(OC)c(N)c1. The van der Waals surface area contributed by atoms with Crippen molar-refractivity contribution in [2.24, 2.45) is 0 Å². The highest BCUT2D eigenvalue weighted by Gasteiger charge is 2.15. The van der Waals surface area contributed by atoms with Crippen molar-refractivity contribution in [1.82, 2.24) is 4.98 Å². The summed E-state index contributed by atoms with van der Waals surface area (Å²) in [6.45, 7) is 0. The molecule has 0 aliphatic rings. The van der Waals surface area contributed by atoms with Gasteiger partial charge in [-0.05, 0) is 23.8 Å². The highest BCUT2D eigenvalue weighted by atomic mass is 16.5. The van der Waals surface area contributed by atoms with Crippen molar-refractivity contribution < 1.29 is 14.3 Å². The fourth-order valence-corrected chi connectivity index (χ4v) is 1.80. The van der Waals surface area contributed by atoms with E-state index in [0.717, 1.165) is 5.56 Å². The molecule has 1 heterocycles. The van der Waals surface area contributed by atoms with Crippen LogP contribution in [0.25, 0.3) is 11.1 Å². The second-order valence-electron chi connectivity index (χ2n) is 3.85. The molecule has 1 aromatic heterocycles. The molecule has 2 rings (SSSR count). The van der Waals surface area contributed by atoms with Gasteiger partial charge in [0.05, 0.1) is 19.9 Å². The minimum absolute atomic E-state index is 0.259. The molecule has 5 heteroatoms. The third-order valence-corrected chi connectivity index (χ3v) is 2.73. The van der Waals surface area contributed by atoms with Crippen LogP contribution in [0.15, 0.2) is 36.5 Å². The van der Waals surface area contributed by atoms with Gasteiger partial charge in [0, 0.05) is 11.8 Å². The molecule has 0 spiro atoms. The Hall–Kier alpha value is -2.56. The lowest BCUT2D eigenvalue weighted by Crippen LogP contribution is -2.06. The van der Waals surface area contributed by atoms with Crippen LogP contribution in [-0.4, -0.2) is 25.2 Å². The van der Waals surface area contributed by atoms with Gasteiger partial charge in [-0.2, -0.15) is 0 Å². The summed E-state index contributed by atoms with van der Waals surface area (Å²) in [4.78, 5) is 15.7. The van der Waals surface area contributed by atoms with E-state index in [2.05, 4.69) is 4.98 Å². The molecule has 0 bridgehead atoms. The second-order valence-corrected chi connectivity index (χ2v) is 3.85. The summed E-state index contributed by atoms with van der Waals surface area (Å²) in [5.41, 5.74) is 8.08. The van der Waals surface area contributed by atoms with Crippen LogP contribution in [0.5, 0.6) is 5.75 Å². The first-order chi connectivity index (χ1) is 9.17. The maximum Gasteiger partial charge on any atom is 0.357 e. The Balaban J connectivity index is 2.53. The molecule has 0 amide bonds. The van der Waals surface area contributed by atoms with E-state index >= 15 is 0 Å². The first-order valence-corrected chi connectivity index (χ1v) is 5.64. The number of benzene rings is 1. The predicted molar refractivity (Wildman–Crippen MR) is 72.0 cm³/mol. The number of nitrogen functional groups attached to an aromatic ring is 1. The van der Waals surface area contributed by atoms with E-state index in [1.807, 2.05) is 6.07 Å². The highest BCUT2D eigenvalue weighted by molar-refractivity contribution is 5.95. The van der Waals surface area contributed by atoms with Gasteiger partial charge < -0.3 is 15.2 Å². The maximum atomic E-state index is 11.7. The van der Waals surface area contributed by atoms with Gasteiger partial charge in [-0.25, -0.2) is 9.78 Å². The molecule has 19 heavy (non-hydrogen) atoms. The van der Waals surface area contributed by atoms with Gasteiger partial charge in [-0.15, -0.1) is 0 Å². The number of carbonyl (C=O) groups excluding carboxylic acids is 1. The number of hydrogen-bond acceptors (Lipinski definition) is 5. The Kier molecular flexibility index (Phi) is 3.66. The molecule has 0 radical (unpaired) electrons. The maximum absolute atomic E-state index is 11.7. The number of esters is 1. The zero-order valence-corrected chi connectivity index (χ0v) is 10.7. The molecule has 2 aromatic rings. The van der Waals surface area contributed by atoms with E-state index in [1.165, 1.54) is 7.11 Å². The normalized spacial score (nSPS) is 10.0. The summed E-state index contributed by atoms with van der Waals surface area (Å²) < 4.78 is 9.82. The molecule has 0 aliphatic carbocycles. The summed E-state index contributed by atoms with van der Waals surface area (Å²) in [5, 5.41) is 0. The van der Waals surface area contributed by atoms with E-state index in [-0.39, 0.29) is 5.69 Å². The molecule has 0 saturated heterocycles. The lowest BCUT2D eigenvalue weighted by atomic mass is 10.0. The summed E-state index contributed by atoms with van der Waals surface area (Å²) >= 11 is 0. The van der Waals surface area contributed by atoms with Crippen molar-refractivity contribution in [1.29, 1.82) is 0 Å². The van der Waals surface area contributed by atoms with Gasteiger partial charge in [0.15, 0.2) is 5.69 Å². The average Bonchev–Trinajstić information content (AvgIpc) is 2.46. The Morgan fingerprint density at radius 3 is 2.68 bits per heavy atom. The van der Waals surface area contributed by atoms with Crippen LogP contribution >= 0.6 is 0 Å². The van der Waals surface area contributed by atoms with Crippen molar-refractivity contribution in [2.75, 3.05) is 20.0 Å². The fourth-order valence-electron chi connectivity index (χ4n) is 1.80. The molecular formula is C14H14N2O3. The van der Waals surface area contributed by atoms with Crippen molar-refractivity contribution in [3.05, 3.63) is 42.2 Å². The van der Waals surface area contributed by atoms with Crippen molar-refractivity contribution in [3.63, 3.8) is 0 Å². The largest absolute Gasteiger partial charge is 0.495 e. The Morgan fingerprint density at radius 1 is 1.26 bits per heavy atom. The van der Waals surface area contributed by atoms with Crippen LogP contribution in [0.2, 0.25) is 0 Å². The number of ether oxygens (including phenoxy) is 2. The summed E-state index contributed by atoms with van der Waals surface area (Å²) in [5.74, 6) is 0.109. The minimum Gasteiger partial charge on any atom is -0.495 e. The van der Waals surface area contributed by atoms with Gasteiger partial charge in [-0.3, -0.25) is 0 Å². The summed E-state index contributed by atoms with van der Waals surface area (Å²) in [6, 6.07) is 8.85. The lowest BCUT2D eigenvalue weighted by molar-refractivity contribution is 0.0595. The van der Waals surface area contributed by atoms with Crippen LogP contribution in [0.1, 0.15) is 10.5 Å². The second kappa shape index (κ2) is 5.39. The van der Waals surface area contributed by atoms with E-state index in [1.54, 1.807) is 37.6 Å². The molecule has 98 valence electrons. The Morgan fingerprint density at radius 2 is 2.05 bits per heavy atom. The van der Waals surface area contributed by atoms with Crippen molar-refractivity contribution in [3.8, 4) is 16.9 Å². The Labute approximate surface area is 111 Å². The molecule has 0 aliphatic heterocycles. The number of hydrogen-bond donors (Lipinski definition) is 1. The quantitative estimate of drug-likeness (QED) is 0.674. The van der Waals surface area contributed by atoms with Gasteiger partial charge in [-0.1, -0.05) is 12.1 Å². The van der Waals surface area contributed by atoms with E-state index in [9.17, 15) is 4.79 Å². The van der Waals surface area contributed by atoms with Crippen LogP contribution in [0, 0.1) is 0 Å². The number of aromatic nitrogens is 1. The predicted octanol–water partition coefficient (Wildman–Crippen LogP) is 2.13. The van der Waals surface area contributed by atoms with Gasteiger partial charge in [0.1, 0.15) is 5.75 Å². The molecule has 0 saturated carbocycles. The topological polar surface area (TPSA) is 74.4 Å². The Bertz CT molecular complexity index is 611.